The number of guanidine groups is 1. The summed E-state index contributed by atoms with van der Waals surface area (Å²) in [6, 6.07) is 11.7. The third kappa shape index (κ3) is 3.22. The van der Waals surface area contributed by atoms with Crippen LogP contribution in [0, 0.1) is 11.3 Å². The van der Waals surface area contributed by atoms with E-state index in [2.05, 4.69) is 50.9 Å². The van der Waals surface area contributed by atoms with Crippen LogP contribution >= 0.6 is 24.0 Å². The quantitative estimate of drug-likeness (QED) is 0.395. The van der Waals surface area contributed by atoms with Gasteiger partial charge in [0.25, 0.3) is 0 Å². The van der Waals surface area contributed by atoms with Crippen LogP contribution in [0.15, 0.2) is 35.3 Å². The topological polar surface area (TPSA) is 48.9 Å². The number of nitrogens with zero attached hydrogens (tertiary/aromatic N) is 2. The van der Waals surface area contributed by atoms with Gasteiger partial charge in [-0.3, -0.25) is 4.99 Å². The first-order valence-corrected chi connectivity index (χ1v) is 10.2. The number of hydrogen-bond donors (Lipinski definition) is 2. The van der Waals surface area contributed by atoms with E-state index in [4.69, 9.17) is 4.74 Å². The number of para-hydroxylation sites is 1. The number of anilines is 1. The van der Waals surface area contributed by atoms with E-state index in [1.54, 1.807) is 0 Å². The van der Waals surface area contributed by atoms with Crippen molar-refractivity contribution >= 4 is 35.6 Å². The molecule has 2 aliphatic carbocycles. The van der Waals surface area contributed by atoms with Gasteiger partial charge >= 0.3 is 0 Å². The largest absolute Gasteiger partial charge is 0.377 e. The van der Waals surface area contributed by atoms with Crippen LogP contribution in [-0.4, -0.2) is 50.9 Å². The summed E-state index contributed by atoms with van der Waals surface area (Å²) in [5, 5.41) is 7.48. The van der Waals surface area contributed by atoms with Crippen molar-refractivity contribution in [2.75, 3.05) is 31.6 Å². The fourth-order valence-electron chi connectivity index (χ4n) is 5.72. The SMILES string of the molecule is CN=C(NC1CCN(c2ccccc2)C1)NC1C2CCOC2C12CCC2.I. The molecule has 0 bridgehead atoms. The number of halogens is 1. The molecule has 0 amide bonds. The highest BCUT2D eigenvalue weighted by Crippen LogP contribution is 2.62. The molecule has 1 aromatic carbocycles. The number of fused-ring (bicyclic) bond motifs is 2. The van der Waals surface area contributed by atoms with Crippen molar-refractivity contribution in [2.24, 2.45) is 16.3 Å². The van der Waals surface area contributed by atoms with Gasteiger partial charge in [-0.25, -0.2) is 0 Å². The van der Waals surface area contributed by atoms with E-state index in [0.29, 0.717) is 29.5 Å². The molecular formula is C21H31IN4O. The molecular weight excluding hydrogens is 451 g/mol. The minimum Gasteiger partial charge on any atom is -0.377 e. The Balaban J connectivity index is 0.00000180. The van der Waals surface area contributed by atoms with E-state index in [1.807, 2.05) is 7.05 Å². The highest BCUT2D eigenvalue weighted by Gasteiger charge is 2.66. The molecule has 0 aromatic heterocycles. The summed E-state index contributed by atoms with van der Waals surface area (Å²) in [6.07, 6.45) is 6.84. The van der Waals surface area contributed by atoms with Gasteiger partial charge in [0.15, 0.2) is 5.96 Å². The van der Waals surface area contributed by atoms with Crippen molar-refractivity contribution in [3.8, 4) is 0 Å². The predicted molar refractivity (Wildman–Crippen MR) is 120 cm³/mol. The van der Waals surface area contributed by atoms with Gasteiger partial charge in [0.2, 0.25) is 0 Å². The molecule has 5 nitrogen and oxygen atoms in total. The molecule has 27 heavy (non-hydrogen) atoms. The summed E-state index contributed by atoms with van der Waals surface area (Å²) >= 11 is 0. The zero-order valence-corrected chi connectivity index (χ0v) is 18.4. The van der Waals surface area contributed by atoms with E-state index in [9.17, 15) is 0 Å². The van der Waals surface area contributed by atoms with Crippen molar-refractivity contribution < 1.29 is 4.74 Å². The minimum absolute atomic E-state index is 0. The van der Waals surface area contributed by atoms with Gasteiger partial charge in [0.1, 0.15) is 0 Å². The van der Waals surface area contributed by atoms with Crippen molar-refractivity contribution in [1.29, 1.82) is 0 Å². The van der Waals surface area contributed by atoms with Crippen molar-refractivity contribution in [3.63, 3.8) is 0 Å². The fraction of sp³-hybridized carbons (Fsp3) is 0.667. The lowest BCUT2D eigenvalue weighted by Gasteiger charge is -2.63. The number of hydrogen-bond acceptors (Lipinski definition) is 3. The number of ether oxygens (including phenoxy) is 1. The average molecular weight is 482 g/mol. The summed E-state index contributed by atoms with van der Waals surface area (Å²) in [5.74, 6) is 1.66. The van der Waals surface area contributed by atoms with E-state index in [0.717, 1.165) is 32.1 Å². The van der Waals surface area contributed by atoms with Crippen molar-refractivity contribution in [2.45, 2.75) is 50.3 Å². The Morgan fingerprint density at radius 3 is 2.70 bits per heavy atom. The fourth-order valence-corrected chi connectivity index (χ4v) is 5.72. The summed E-state index contributed by atoms with van der Waals surface area (Å²) in [6.45, 7) is 3.08. The van der Waals surface area contributed by atoms with Crippen LogP contribution in [0.25, 0.3) is 0 Å². The summed E-state index contributed by atoms with van der Waals surface area (Å²) in [7, 11) is 1.90. The Kier molecular flexibility index (Phi) is 5.56. The van der Waals surface area contributed by atoms with E-state index < -0.39 is 0 Å². The van der Waals surface area contributed by atoms with Crippen LogP contribution in [-0.2, 0) is 4.74 Å². The molecule has 6 heteroatoms. The molecule has 2 aliphatic heterocycles. The smallest absolute Gasteiger partial charge is 0.191 e. The Bertz CT molecular complexity index is 678. The van der Waals surface area contributed by atoms with Gasteiger partial charge in [-0.2, -0.15) is 0 Å². The molecule has 2 heterocycles. The van der Waals surface area contributed by atoms with Gasteiger partial charge in [-0.05, 0) is 37.8 Å². The first-order valence-electron chi connectivity index (χ1n) is 10.2. The van der Waals surface area contributed by atoms with Crippen molar-refractivity contribution in [3.05, 3.63) is 30.3 Å². The van der Waals surface area contributed by atoms with Gasteiger partial charge < -0.3 is 20.3 Å². The lowest BCUT2D eigenvalue weighted by molar-refractivity contribution is -0.171. The van der Waals surface area contributed by atoms with Crippen molar-refractivity contribution in [1.82, 2.24) is 10.6 Å². The zero-order valence-electron chi connectivity index (χ0n) is 16.1. The van der Waals surface area contributed by atoms with Crippen LogP contribution in [0.2, 0.25) is 0 Å². The Hall–Kier alpha value is -1.02. The highest BCUT2D eigenvalue weighted by atomic mass is 127. The summed E-state index contributed by atoms with van der Waals surface area (Å²) in [4.78, 5) is 7.01. The molecule has 4 aliphatic rings. The number of nitrogens with one attached hydrogen (secondary N) is 2. The maximum atomic E-state index is 6.04. The highest BCUT2D eigenvalue weighted by molar-refractivity contribution is 14.0. The third-order valence-electron chi connectivity index (χ3n) is 7.20. The molecule has 148 valence electrons. The van der Waals surface area contributed by atoms with Crippen LogP contribution in [0.1, 0.15) is 32.1 Å². The molecule has 2 saturated carbocycles. The summed E-state index contributed by atoms with van der Waals surface area (Å²) in [5.41, 5.74) is 1.71. The van der Waals surface area contributed by atoms with Gasteiger partial charge in [0.05, 0.1) is 6.10 Å². The average Bonchev–Trinajstić information content (AvgIpc) is 3.26. The number of aliphatic imine (C=N–C) groups is 1. The van der Waals surface area contributed by atoms with Gasteiger partial charge in [0, 0.05) is 55.8 Å². The molecule has 2 N–H and O–H groups in total. The zero-order chi connectivity index (χ0) is 17.6. The van der Waals surface area contributed by atoms with E-state index in [-0.39, 0.29) is 24.0 Å². The number of benzene rings is 1. The van der Waals surface area contributed by atoms with E-state index >= 15 is 0 Å². The first kappa shape index (κ1) is 19.3. The van der Waals surface area contributed by atoms with Crippen LogP contribution in [0.5, 0.6) is 0 Å². The minimum atomic E-state index is 0. The lowest BCUT2D eigenvalue weighted by atomic mass is 9.46. The van der Waals surface area contributed by atoms with Crippen LogP contribution < -0.4 is 15.5 Å². The monoisotopic (exact) mass is 482 g/mol. The predicted octanol–water partition coefficient (Wildman–Crippen LogP) is 3.01. The second kappa shape index (κ2) is 7.78. The standard InChI is InChI=1S/C21H30N4O.HI/c1-22-20(23-15-8-12-25(14-15)16-6-3-2-4-7-16)24-18-17-9-13-26-19(17)21(18)10-5-11-21;/h2-4,6-7,15,17-19H,5,8-14H2,1H3,(H2,22,23,24);1H. The van der Waals surface area contributed by atoms with Crippen LogP contribution in [0.4, 0.5) is 5.69 Å². The summed E-state index contributed by atoms with van der Waals surface area (Å²) < 4.78 is 6.04. The molecule has 1 spiro atoms. The Morgan fingerprint density at radius 2 is 2.00 bits per heavy atom. The first-order chi connectivity index (χ1) is 12.8. The second-order valence-electron chi connectivity index (χ2n) is 8.44. The maximum absolute atomic E-state index is 6.04. The maximum Gasteiger partial charge on any atom is 0.191 e. The lowest BCUT2D eigenvalue weighted by Crippen LogP contribution is -2.72. The van der Waals surface area contributed by atoms with Gasteiger partial charge in [-0.1, -0.05) is 24.6 Å². The molecule has 0 radical (unpaired) electrons. The second-order valence-corrected chi connectivity index (χ2v) is 8.44. The third-order valence-corrected chi connectivity index (χ3v) is 7.20. The molecule has 4 atom stereocenters. The van der Waals surface area contributed by atoms with Gasteiger partial charge in [-0.15, -0.1) is 24.0 Å². The normalized spacial score (nSPS) is 33.7. The van der Waals surface area contributed by atoms with Crippen LogP contribution in [0.3, 0.4) is 0 Å². The Morgan fingerprint density at radius 1 is 1.19 bits per heavy atom. The molecule has 4 unspecified atom stereocenters. The molecule has 1 aromatic rings. The molecule has 4 fully saturated rings. The Labute approximate surface area is 179 Å². The molecule has 5 rings (SSSR count). The number of rotatable bonds is 3. The van der Waals surface area contributed by atoms with E-state index in [1.165, 1.54) is 31.4 Å². The molecule has 2 saturated heterocycles.